The van der Waals surface area contributed by atoms with Crippen molar-refractivity contribution < 1.29 is 14.4 Å². The van der Waals surface area contributed by atoms with Crippen LogP contribution < -0.4 is 0 Å². The average molecular weight is 335 g/mol. The van der Waals surface area contributed by atoms with E-state index in [0.717, 1.165) is 18.4 Å². The molecule has 2 atom stereocenters. The Morgan fingerprint density at radius 2 is 2.30 bits per heavy atom. The molecule has 1 saturated heterocycles. The van der Waals surface area contributed by atoms with Crippen LogP contribution in [0.4, 0.5) is 0 Å². The maximum Gasteiger partial charge on any atom is 0.292 e. The first-order chi connectivity index (χ1) is 11.1. The van der Waals surface area contributed by atoms with Crippen molar-refractivity contribution in [1.29, 1.82) is 0 Å². The molecule has 23 heavy (non-hydrogen) atoms. The number of benzene rings is 1. The first-order valence-corrected chi connectivity index (χ1v) is 8.12. The van der Waals surface area contributed by atoms with Crippen molar-refractivity contribution in [3.05, 3.63) is 41.1 Å². The van der Waals surface area contributed by atoms with E-state index < -0.39 is 0 Å². The van der Waals surface area contributed by atoms with Gasteiger partial charge in [-0.1, -0.05) is 35.8 Å². The topological polar surface area (TPSA) is 66.6 Å². The normalized spacial score (nSPS) is 21.4. The number of aromatic nitrogens is 1. The summed E-state index contributed by atoms with van der Waals surface area (Å²) >= 11 is 5.98. The van der Waals surface area contributed by atoms with E-state index in [1.165, 1.54) is 0 Å². The lowest BCUT2D eigenvalue weighted by Crippen LogP contribution is -2.49. The van der Waals surface area contributed by atoms with E-state index in [-0.39, 0.29) is 30.2 Å². The molecule has 0 bridgehead atoms. The molecule has 1 aromatic heterocycles. The van der Waals surface area contributed by atoms with Crippen molar-refractivity contribution in [2.45, 2.75) is 25.8 Å². The lowest BCUT2D eigenvalue weighted by atomic mass is 9.91. The summed E-state index contributed by atoms with van der Waals surface area (Å²) < 4.78 is 5.24. The van der Waals surface area contributed by atoms with E-state index in [9.17, 15) is 9.90 Å². The summed E-state index contributed by atoms with van der Waals surface area (Å²) in [5, 5.41) is 14.2. The number of aliphatic hydroxyl groups is 1. The van der Waals surface area contributed by atoms with Crippen LogP contribution in [0.25, 0.3) is 11.3 Å². The van der Waals surface area contributed by atoms with Gasteiger partial charge in [-0.2, -0.15) is 0 Å². The molecule has 122 valence electrons. The summed E-state index contributed by atoms with van der Waals surface area (Å²) in [5.41, 5.74) is 1.37. The van der Waals surface area contributed by atoms with E-state index in [1.54, 1.807) is 23.1 Å². The van der Waals surface area contributed by atoms with Gasteiger partial charge in [0.05, 0.1) is 12.6 Å². The zero-order chi connectivity index (χ0) is 16.4. The largest absolute Gasteiger partial charge is 0.394 e. The SMILES string of the molecule is CC1CCCN(C(=O)c2cc(-c3cccc(Cl)c3)no2)C1CO. The zero-order valence-electron chi connectivity index (χ0n) is 12.9. The molecule has 1 amide bonds. The monoisotopic (exact) mass is 334 g/mol. The van der Waals surface area contributed by atoms with Gasteiger partial charge in [0.1, 0.15) is 5.69 Å². The molecule has 2 heterocycles. The van der Waals surface area contributed by atoms with Crippen LogP contribution in [0, 0.1) is 5.92 Å². The quantitative estimate of drug-likeness (QED) is 0.935. The number of halogens is 1. The number of rotatable bonds is 3. The second-order valence-corrected chi connectivity index (χ2v) is 6.39. The van der Waals surface area contributed by atoms with Gasteiger partial charge in [-0.05, 0) is 30.9 Å². The molecule has 1 aromatic carbocycles. The van der Waals surface area contributed by atoms with Crippen molar-refractivity contribution >= 4 is 17.5 Å². The van der Waals surface area contributed by atoms with Gasteiger partial charge in [-0.15, -0.1) is 0 Å². The van der Waals surface area contributed by atoms with Gasteiger partial charge in [-0.3, -0.25) is 4.79 Å². The van der Waals surface area contributed by atoms with Crippen LogP contribution in [-0.2, 0) is 0 Å². The van der Waals surface area contributed by atoms with Gasteiger partial charge in [0, 0.05) is 23.2 Å². The fourth-order valence-electron chi connectivity index (χ4n) is 3.08. The molecule has 1 aliphatic heterocycles. The van der Waals surface area contributed by atoms with Gasteiger partial charge < -0.3 is 14.5 Å². The predicted molar refractivity (Wildman–Crippen MR) is 87.3 cm³/mol. The minimum Gasteiger partial charge on any atom is -0.394 e. The molecular weight excluding hydrogens is 316 g/mol. The van der Waals surface area contributed by atoms with E-state index >= 15 is 0 Å². The number of aliphatic hydroxyl groups excluding tert-OH is 1. The summed E-state index contributed by atoms with van der Waals surface area (Å²) in [6, 6.07) is 8.68. The molecule has 0 spiro atoms. The number of carbonyl (C=O) groups excluding carboxylic acids is 1. The fourth-order valence-corrected chi connectivity index (χ4v) is 3.27. The maximum atomic E-state index is 12.7. The Morgan fingerprint density at radius 3 is 3.04 bits per heavy atom. The highest BCUT2D eigenvalue weighted by atomic mass is 35.5. The standard InChI is InChI=1S/C17H19ClN2O3/c1-11-4-3-7-20(15(11)10-21)17(22)16-9-14(19-23-16)12-5-2-6-13(18)8-12/h2,5-6,8-9,11,15,21H,3-4,7,10H2,1H3. The Labute approximate surface area is 139 Å². The molecule has 6 heteroatoms. The maximum absolute atomic E-state index is 12.7. The minimum atomic E-state index is -0.226. The number of piperidine rings is 1. The predicted octanol–water partition coefficient (Wildman–Crippen LogP) is 3.23. The second kappa shape index (κ2) is 6.72. The molecule has 1 aliphatic rings. The van der Waals surface area contributed by atoms with Crippen molar-refractivity contribution in [3.63, 3.8) is 0 Å². The van der Waals surface area contributed by atoms with Crippen molar-refractivity contribution in [3.8, 4) is 11.3 Å². The molecule has 3 rings (SSSR count). The van der Waals surface area contributed by atoms with Crippen molar-refractivity contribution in [2.75, 3.05) is 13.2 Å². The average Bonchev–Trinajstić information content (AvgIpc) is 3.04. The zero-order valence-corrected chi connectivity index (χ0v) is 13.7. The smallest absolute Gasteiger partial charge is 0.292 e. The third-order valence-electron chi connectivity index (χ3n) is 4.40. The molecule has 1 N–H and O–H groups in total. The summed E-state index contributed by atoms with van der Waals surface area (Å²) in [4.78, 5) is 14.4. The van der Waals surface area contributed by atoms with E-state index in [1.807, 2.05) is 12.1 Å². The highest BCUT2D eigenvalue weighted by Gasteiger charge is 2.33. The highest BCUT2D eigenvalue weighted by molar-refractivity contribution is 6.30. The summed E-state index contributed by atoms with van der Waals surface area (Å²) in [6.45, 7) is 2.64. The lowest BCUT2D eigenvalue weighted by Gasteiger charge is -2.38. The van der Waals surface area contributed by atoms with Gasteiger partial charge in [-0.25, -0.2) is 0 Å². The molecule has 2 unspecified atom stereocenters. The van der Waals surface area contributed by atoms with Crippen LogP contribution in [-0.4, -0.2) is 40.3 Å². The molecule has 2 aromatic rings. The van der Waals surface area contributed by atoms with Crippen LogP contribution >= 0.6 is 11.6 Å². The van der Waals surface area contributed by atoms with Gasteiger partial charge in [0.15, 0.2) is 0 Å². The third-order valence-corrected chi connectivity index (χ3v) is 4.64. The summed E-state index contributed by atoms with van der Waals surface area (Å²) in [7, 11) is 0. The number of carbonyl (C=O) groups is 1. The Balaban J connectivity index is 1.83. The lowest BCUT2D eigenvalue weighted by molar-refractivity contribution is 0.0324. The Bertz CT molecular complexity index is 701. The number of amides is 1. The highest BCUT2D eigenvalue weighted by Crippen LogP contribution is 2.27. The first-order valence-electron chi connectivity index (χ1n) is 7.74. The summed E-state index contributed by atoms with van der Waals surface area (Å²) in [5.74, 6) is 0.233. The fraction of sp³-hybridized carbons (Fsp3) is 0.412. The second-order valence-electron chi connectivity index (χ2n) is 5.95. The van der Waals surface area contributed by atoms with Gasteiger partial charge in [0.2, 0.25) is 5.76 Å². The Morgan fingerprint density at radius 1 is 1.48 bits per heavy atom. The molecule has 0 saturated carbocycles. The Hall–Kier alpha value is -1.85. The minimum absolute atomic E-state index is 0.0395. The van der Waals surface area contributed by atoms with Crippen LogP contribution in [0.5, 0.6) is 0 Å². The van der Waals surface area contributed by atoms with Crippen molar-refractivity contribution in [1.82, 2.24) is 10.1 Å². The first kappa shape index (κ1) is 16.0. The number of nitrogens with zero attached hydrogens (tertiary/aromatic N) is 2. The molecule has 0 radical (unpaired) electrons. The van der Waals surface area contributed by atoms with Crippen LogP contribution in [0.15, 0.2) is 34.9 Å². The van der Waals surface area contributed by atoms with Crippen LogP contribution in [0.3, 0.4) is 0 Å². The van der Waals surface area contributed by atoms with Gasteiger partial charge in [0.25, 0.3) is 5.91 Å². The molecule has 5 nitrogen and oxygen atoms in total. The number of hydrogen-bond donors (Lipinski definition) is 1. The third kappa shape index (κ3) is 3.26. The van der Waals surface area contributed by atoms with E-state index in [2.05, 4.69) is 12.1 Å². The molecule has 1 fully saturated rings. The molecular formula is C17H19ClN2O3. The van der Waals surface area contributed by atoms with Crippen molar-refractivity contribution in [2.24, 2.45) is 5.92 Å². The summed E-state index contributed by atoms with van der Waals surface area (Å²) in [6.07, 6.45) is 1.94. The number of likely N-dealkylation sites (tertiary alicyclic amines) is 1. The van der Waals surface area contributed by atoms with E-state index in [0.29, 0.717) is 17.3 Å². The van der Waals surface area contributed by atoms with Crippen LogP contribution in [0.2, 0.25) is 5.02 Å². The number of hydrogen-bond acceptors (Lipinski definition) is 4. The van der Waals surface area contributed by atoms with Gasteiger partial charge >= 0.3 is 0 Å². The van der Waals surface area contributed by atoms with Crippen LogP contribution in [0.1, 0.15) is 30.3 Å². The Kier molecular flexibility index (Phi) is 4.68. The van der Waals surface area contributed by atoms with E-state index in [4.69, 9.17) is 16.1 Å². The molecule has 0 aliphatic carbocycles.